The van der Waals surface area contributed by atoms with Crippen LogP contribution in [0.1, 0.15) is 44.7 Å². The molecule has 0 radical (unpaired) electrons. The van der Waals surface area contributed by atoms with Gasteiger partial charge in [0.2, 0.25) is 0 Å². The van der Waals surface area contributed by atoms with Crippen molar-refractivity contribution in [3.63, 3.8) is 0 Å². The maximum Gasteiger partial charge on any atom is 0.326 e. The number of nitrogens with zero attached hydrogens (tertiary/aromatic N) is 3. The summed E-state index contributed by atoms with van der Waals surface area (Å²) in [5.74, 6) is -0.0736. The van der Waals surface area contributed by atoms with Crippen molar-refractivity contribution in [1.82, 2.24) is 20.0 Å². The van der Waals surface area contributed by atoms with E-state index in [9.17, 15) is 9.59 Å². The van der Waals surface area contributed by atoms with Crippen molar-refractivity contribution in [2.45, 2.75) is 51.1 Å². The van der Waals surface area contributed by atoms with Crippen LogP contribution < -0.4 is 5.32 Å². The van der Waals surface area contributed by atoms with E-state index in [2.05, 4.69) is 55.3 Å². The van der Waals surface area contributed by atoms with Crippen molar-refractivity contribution in [2.24, 2.45) is 0 Å². The number of benzene rings is 1. The van der Waals surface area contributed by atoms with E-state index in [1.165, 1.54) is 16.0 Å². The molecule has 148 valence electrons. The monoisotopic (exact) mass is 372 g/mol. The maximum absolute atomic E-state index is 12.9. The number of likely N-dealkylation sites (tertiary alicyclic amines) is 1. The first kappa shape index (κ1) is 19.8. The van der Waals surface area contributed by atoms with Crippen LogP contribution in [-0.2, 0) is 16.8 Å². The fourth-order valence-corrected chi connectivity index (χ4v) is 3.86. The van der Waals surface area contributed by atoms with Crippen molar-refractivity contribution in [3.8, 4) is 0 Å². The molecule has 6 nitrogen and oxygen atoms in total. The average molecular weight is 373 g/mol. The van der Waals surface area contributed by atoms with E-state index in [1.807, 2.05) is 19.0 Å². The highest BCUT2D eigenvalue weighted by Crippen LogP contribution is 2.29. The van der Waals surface area contributed by atoms with Crippen molar-refractivity contribution >= 4 is 11.9 Å². The van der Waals surface area contributed by atoms with Crippen LogP contribution in [0, 0.1) is 0 Å². The first-order valence-corrected chi connectivity index (χ1v) is 9.71. The highest BCUT2D eigenvalue weighted by atomic mass is 16.2. The molecule has 0 aliphatic carbocycles. The molecule has 3 rings (SSSR count). The number of urea groups is 1. The van der Waals surface area contributed by atoms with E-state index in [-0.39, 0.29) is 17.4 Å². The largest absolute Gasteiger partial charge is 0.326 e. The topological polar surface area (TPSA) is 55.9 Å². The molecule has 3 amide bonds. The van der Waals surface area contributed by atoms with E-state index in [1.54, 1.807) is 0 Å². The van der Waals surface area contributed by atoms with Crippen molar-refractivity contribution in [2.75, 3.05) is 33.9 Å². The molecule has 6 heteroatoms. The Kier molecular flexibility index (Phi) is 5.32. The molecular weight excluding hydrogens is 340 g/mol. The van der Waals surface area contributed by atoms with Crippen molar-refractivity contribution in [3.05, 3.63) is 35.4 Å². The molecule has 2 saturated heterocycles. The number of hydrogen-bond donors (Lipinski definition) is 1. The van der Waals surface area contributed by atoms with Gasteiger partial charge in [-0.3, -0.25) is 9.69 Å². The minimum atomic E-state index is -0.696. The van der Waals surface area contributed by atoms with Crippen LogP contribution >= 0.6 is 0 Å². The Morgan fingerprint density at radius 3 is 2.26 bits per heavy atom. The van der Waals surface area contributed by atoms with Gasteiger partial charge in [-0.2, -0.15) is 0 Å². The number of imide groups is 1. The minimum Gasteiger partial charge on any atom is -0.323 e. The van der Waals surface area contributed by atoms with Gasteiger partial charge in [-0.1, -0.05) is 45.0 Å². The van der Waals surface area contributed by atoms with Crippen LogP contribution in [0.3, 0.4) is 0 Å². The third-order valence-electron chi connectivity index (χ3n) is 5.74. The lowest BCUT2D eigenvalue weighted by Crippen LogP contribution is -2.54. The van der Waals surface area contributed by atoms with Crippen molar-refractivity contribution < 1.29 is 9.59 Å². The summed E-state index contributed by atoms with van der Waals surface area (Å²) < 4.78 is 0. The minimum absolute atomic E-state index is 0.0736. The molecule has 0 bridgehead atoms. The molecule has 2 aliphatic rings. The Morgan fingerprint density at radius 2 is 1.70 bits per heavy atom. The number of carbonyl (C=O) groups is 2. The number of nitrogens with one attached hydrogen (secondary N) is 1. The van der Waals surface area contributed by atoms with E-state index in [4.69, 9.17) is 0 Å². The lowest BCUT2D eigenvalue weighted by Gasteiger charge is -2.35. The highest BCUT2D eigenvalue weighted by Gasteiger charge is 2.52. The molecule has 2 fully saturated rings. The molecule has 0 aromatic heterocycles. The summed E-state index contributed by atoms with van der Waals surface area (Å²) in [6.45, 7) is 9.26. The van der Waals surface area contributed by atoms with Gasteiger partial charge in [-0.05, 0) is 43.5 Å². The van der Waals surface area contributed by atoms with Crippen LogP contribution in [0.4, 0.5) is 4.79 Å². The summed E-state index contributed by atoms with van der Waals surface area (Å²) in [4.78, 5) is 31.0. The molecule has 0 atom stereocenters. The number of rotatable bonds is 4. The summed E-state index contributed by atoms with van der Waals surface area (Å²) in [6, 6.07) is 8.30. The molecule has 1 N–H and O–H groups in total. The Bertz CT molecular complexity index is 700. The van der Waals surface area contributed by atoms with Gasteiger partial charge in [-0.15, -0.1) is 0 Å². The molecule has 0 saturated carbocycles. The maximum atomic E-state index is 12.9. The zero-order valence-corrected chi connectivity index (χ0v) is 17.2. The Morgan fingerprint density at radius 1 is 1.11 bits per heavy atom. The molecular formula is C21H32N4O2. The molecule has 2 aliphatic heterocycles. The van der Waals surface area contributed by atoms with Crippen LogP contribution in [-0.4, -0.2) is 66.0 Å². The van der Waals surface area contributed by atoms with Crippen LogP contribution in [0.5, 0.6) is 0 Å². The van der Waals surface area contributed by atoms with E-state index < -0.39 is 5.54 Å². The third kappa shape index (κ3) is 4.17. The molecule has 1 aromatic rings. The lowest BCUT2D eigenvalue weighted by atomic mass is 9.87. The van der Waals surface area contributed by atoms with Gasteiger partial charge in [0.15, 0.2) is 0 Å². The Hall–Kier alpha value is -1.92. The third-order valence-corrected chi connectivity index (χ3v) is 5.74. The smallest absolute Gasteiger partial charge is 0.323 e. The Balaban J connectivity index is 1.61. The van der Waals surface area contributed by atoms with Gasteiger partial charge in [0, 0.05) is 19.6 Å². The molecule has 1 spiro atoms. The second-order valence-electron chi connectivity index (χ2n) is 9.15. The molecule has 27 heavy (non-hydrogen) atoms. The SMILES string of the molecule is CN1CCC2(CC1)NC(=O)N(CN(C)Cc1ccc(C(C)(C)C)cc1)C2=O. The van der Waals surface area contributed by atoms with E-state index >= 15 is 0 Å². The zero-order chi connectivity index (χ0) is 19.8. The van der Waals surface area contributed by atoms with Gasteiger partial charge in [0.05, 0.1) is 6.67 Å². The number of amides is 3. The normalized spacial score (nSPS) is 20.6. The predicted octanol–water partition coefficient (Wildman–Crippen LogP) is 2.39. The van der Waals surface area contributed by atoms with Gasteiger partial charge < -0.3 is 10.2 Å². The van der Waals surface area contributed by atoms with Crippen LogP contribution in [0.2, 0.25) is 0 Å². The fourth-order valence-electron chi connectivity index (χ4n) is 3.86. The molecule has 1 aromatic carbocycles. The van der Waals surface area contributed by atoms with Crippen LogP contribution in [0.15, 0.2) is 24.3 Å². The number of hydrogen-bond acceptors (Lipinski definition) is 4. The number of carbonyl (C=O) groups excluding carboxylic acids is 2. The highest BCUT2D eigenvalue weighted by molar-refractivity contribution is 6.07. The summed E-state index contributed by atoms with van der Waals surface area (Å²) in [6.07, 6.45) is 1.37. The standard InChI is InChI=1S/C21H32N4O2/c1-20(2,3)17-8-6-16(7-9-17)14-24(5)15-25-18(26)21(22-19(25)27)10-12-23(4)13-11-21/h6-9H,10-15H2,1-5H3,(H,22,27). The van der Waals surface area contributed by atoms with Crippen molar-refractivity contribution in [1.29, 1.82) is 0 Å². The summed E-state index contributed by atoms with van der Waals surface area (Å²) in [7, 11) is 3.99. The molecule has 2 heterocycles. The predicted molar refractivity (Wildman–Crippen MR) is 106 cm³/mol. The first-order chi connectivity index (χ1) is 12.6. The van der Waals surface area contributed by atoms with E-state index in [0.29, 0.717) is 26.1 Å². The van der Waals surface area contributed by atoms with Gasteiger partial charge in [0.25, 0.3) is 5.91 Å². The summed E-state index contributed by atoms with van der Waals surface area (Å²) >= 11 is 0. The average Bonchev–Trinajstić information content (AvgIpc) is 2.82. The van der Waals surface area contributed by atoms with E-state index in [0.717, 1.165) is 13.1 Å². The quantitative estimate of drug-likeness (QED) is 0.825. The van der Waals surface area contributed by atoms with Gasteiger partial charge in [0.1, 0.15) is 5.54 Å². The molecule has 0 unspecified atom stereocenters. The first-order valence-electron chi connectivity index (χ1n) is 9.71. The summed E-state index contributed by atoms with van der Waals surface area (Å²) in [5.41, 5.74) is 1.91. The second-order valence-corrected chi connectivity index (χ2v) is 9.15. The Labute approximate surface area is 162 Å². The fraction of sp³-hybridized carbons (Fsp3) is 0.619. The van der Waals surface area contributed by atoms with Crippen LogP contribution in [0.25, 0.3) is 0 Å². The lowest BCUT2D eigenvalue weighted by molar-refractivity contribution is -0.134. The summed E-state index contributed by atoms with van der Waals surface area (Å²) in [5, 5.41) is 2.97. The van der Waals surface area contributed by atoms with Gasteiger partial charge >= 0.3 is 6.03 Å². The zero-order valence-electron chi connectivity index (χ0n) is 17.2. The van der Waals surface area contributed by atoms with Gasteiger partial charge in [-0.25, -0.2) is 9.69 Å². The number of piperidine rings is 1. The second kappa shape index (κ2) is 7.24.